The maximum Gasteiger partial charge on any atom is 0.310 e. The lowest BCUT2D eigenvalue weighted by Gasteiger charge is -2.17. The molecule has 0 N–H and O–H groups in total. The molecular formula is C60H96O6. The van der Waals surface area contributed by atoms with E-state index in [1.165, 1.54) is 96.3 Å². The second-order valence-corrected chi connectivity index (χ2v) is 17.1. The third-order valence-electron chi connectivity index (χ3n) is 10.8. The minimum atomic E-state index is -0.873. The Morgan fingerprint density at radius 3 is 0.924 bits per heavy atom. The molecule has 1 atom stereocenters. The molecule has 0 fully saturated rings. The van der Waals surface area contributed by atoms with Crippen LogP contribution in [0.5, 0.6) is 0 Å². The van der Waals surface area contributed by atoms with Gasteiger partial charge in [0.15, 0.2) is 6.10 Å². The van der Waals surface area contributed by atoms with Crippen molar-refractivity contribution in [3.63, 3.8) is 0 Å². The van der Waals surface area contributed by atoms with Crippen LogP contribution in [-0.4, -0.2) is 37.2 Å². The monoisotopic (exact) mass is 913 g/mol. The van der Waals surface area contributed by atoms with Gasteiger partial charge in [-0.3, -0.25) is 14.4 Å². The van der Waals surface area contributed by atoms with Crippen LogP contribution in [0.4, 0.5) is 0 Å². The van der Waals surface area contributed by atoms with E-state index in [4.69, 9.17) is 14.2 Å². The highest BCUT2D eigenvalue weighted by molar-refractivity contribution is 5.72. The van der Waals surface area contributed by atoms with Crippen molar-refractivity contribution < 1.29 is 28.6 Å². The zero-order valence-electron chi connectivity index (χ0n) is 42.4. The fourth-order valence-corrected chi connectivity index (χ4v) is 6.88. The molecule has 66 heavy (non-hydrogen) atoms. The maximum atomic E-state index is 12.7. The topological polar surface area (TPSA) is 78.9 Å². The van der Waals surface area contributed by atoms with Gasteiger partial charge in [0.05, 0.1) is 12.8 Å². The standard InChI is InChI=1S/C60H96O6/c1-4-7-10-13-16-19-22-25-28-29-30-33-35-38-41-44-47-50-53-59(62)65-56-57(66-60(63)54-51-48-45-42-39-36-32-27-24-21-18-15-12-9-6-3)55-64-58(61)52-49-46-43-40-37-34-31-26-23-20-17-14-11-8-5-2/h8-9,11-12,17-18,20-21,26-27,31-32,37,39-40,42,46,48-49,51,57H,4-7,10,13-16,19,22-25,28-30,33-36,38,41,43-45,47,50,52-56H2,1-3H3/b11-8-,12-9-,20-17-,21-18-,31-26-,32-27-,40-37-,42-39-,49-46-,51-48-. The largest absolute Gasteiger partial charge is 0.462 e. The van der Waals surface area contributed by atoms with Crippen molar-refractivity contribution >= 4 is 17.9 Å². The van der Waals surface area contributed by atoms with Crippen LogP contribution in [0.3, 0.4) is 0 Å². The summed E-state index contributed by atoms with van der Waals surface area (Å²) in [4.78, 5) is 37.9. The fourth-order valence-electron chi connectivity index (χ4n) is 6.88. The van der Waals surface area contributed by atoms with Crippen molar-refractivity contribution in [1.29, 1.82) is 0 Å². The summed E-state index contributed by atoms with van der Waals surface area (Å²) in [6.07, 6.45) is 73.8. The first-order valence-corrected chi connectivity index (χ1v) is 26.5. The summed E-state index contributed by atoms with van der Waals surface area (Å²) in [6.45, 7) is 6.23. The van der Waals surface area contributed by atoms with E-state index in [1.807, 2.05) is 12.2 Å². The maximum absolute atomic E-state index is 12.7. The molecule has 1 unspecified atom stereocenters. The molecule has 0 aliphatic heterocycles. The van der Waals surface area contributed by atoms with E-state index in [9.17, 15) is 14.4 Å². The van der Waals surface area contributed by atoms with Crippen LogP contribution in [0, 0.1) is 0 Å². The van der Waals surface area contributed by atoms with Gasteiger partial charge in [-0.2, -0.15) is 0 Å². The van der Waals surface area contributed by atoms with E-state index < -0.39 is 18.0 Å². The smallest absolute Gasteiger partial charge is 0.310 e. The normalized spacial score (nSPS) is 13.1. The Morgan fingerprint density at radius 2 is 0.591 bits per heavy atom. The van der Waals surface area contributed by atoms with E-state index in [0.29, 0.717) is 12.8 Å². The van der Waals surface area contributed by atoms with Crippen molar-refractivity contribution in [3.8, 4) is 0 Å². The molecule has 0 radical (unpaired) electrons. The lowest BCUT2D eigenvalue weighted by Crippen LogP contribution is -2.30. The Morgan fingerprint density at radius 1 is 0.318 bits per heavy atom. The molecule has 0 saturated carbocycles. The Balaban J connectivity index is 4.59. The first-order chi connectivity index (χ1) is 32.5. The fraction of sp³-hybridized carbons (Fsp3) is 0.617. The van der Waals surface area contributed by atoms with Crippen molar-refractivity contribution in [2.24, 2.45) is 0 Å². The molecular weight excluding hydrogens is 817 g/mol. The first-order valence-electron chi connectivity index (χ1n) is 26.5. The van der Waals surface area contributed by atoms with Gasteiger partial charge in [-0.05, 0) is 70.6 Å². The summed E-state index contributed by atoms with van der Waals surface area (Å²) in [6, 6.07) is 0. The van der Waals surface area contributed by atoms with Gasteiger partial charge in [0.1, 0.15) is 13.2 Å². The molecule has 0 aliphatic rings. The SMILES string of the molecule is CC/C=C\C/C=C\C/C=C\C/C=C\C/C=C\CC(=O)OCC(COC(=O)CCCCCCCCCCCCCCCCCCCC)OC(=O)C/C=C\C/C=C\C/C=C\C/C=C\C/C=C\CC. The van der Waals surface area contributed by atoms with Crippen LogP contribution in [0.1, 0.15) is 220 Å². The van der Waals surface area contributed by atoms with Gasteiger partial charge < -0.3 is 14.2 Å². The number of ether oxygens (including phenoxy) is 3. The third-order valence-corrected chi connectivity index (χ3v) is 10.8. The van der Waals surface area contributed by atoms with Gasteiger partial charge in [0.2, 0.25) is 0 Å². The summed E-state index contributed by atoms with van der Waals surface area (Å²) in [5.41, 5.74) is 0. The van der Waals surface area contributed by atoms with Crippen LogP contribution in [0.15, 0.2) is 122 Å². The first kappa shape index (κ1) is 61.8. The highest BCUT2D eigenvalue weighted by Gasteiger charge is 2.19. The summed E-state index contributed by atoms with van der Waals surface area (Å²) >= 11 is 0. The molecule has 0 saturated heterocycles. The number of rotatable bonds is 46. The number of esters is 3. The lowest BCUT2D eigenvalue weighted by atomic mass is 10.0. The van der Waals surface area contributed by atoms with Gasteiger partial charge in [0.25, 0.3) is 0 Å². The minimum Gasteiger partial charge on any atom is -0.462 e. The third kappa shape index (κ3) is 50.8. The van der Waals surface area contributed by atoms with Gasteiger partial charge >= 0.3 is 17.9 Å². The average Bonchev–Trinajstić information content (AvgIpc) is 3.31. The Kier molecular flexibility index (Phi) is 50.0. The van der Waals surface area contributed by atoms with Crippen LogP contribution in [-0.2, 0) is 28.6 Å². The second-order valence-electron chi connectivity index (χ2n) is 17.1. The summed E-state index contributed by atoms with van der Waals surface area (Å²) in [5, 5.41) is 0. The van der Waals surface area contributed by atoms with E-state index >= 15 is 0 Å². The quantitative estimate of drug-likeness (QED) is 0.0262. The predicted octanol–water partition coefficient (Wildman–Crippen LogP) is 17.7. The molecule has 0 aromatic heterocycles. The van der Waals surface area contributed by atoms with E-state index in [0.717, 1.165) is 77.0 Å². The zero-order valence-corrected chi connectivity index (χ0v) is 42.4. The molecule has 0 aromatic carbocycles. The second kappa shape index (κ2) is 53.4. The summed E-state index contributed by atoms with van der Waals surface area (Å²) in [7, 11) is 0. The van der Waals surface area contributed by atoms with Crippen molar-refractivity contribution in [2.45, 2.75) is 226 Å². The van der Waals surface area contributed by atoms with Crippen LogP contribution < -0.4 is 0 Å². The van der Waals surface area contributed by atoms with E-state index in [2.05, 4.69) is 118 Å². The molecule has 0 aromatic rings. The Hall–Kier alpha value is -4.19. The van der Waals surface area contributed by atoms with Gasteiger partial charge in [0, 0.05) is 6.42 Å². The molecule has 0 heterocycles. The van der Waals surface area contributed by atoms with Crippen LogP contribution >= 0.6 is 0 Å². The van der Waals surface area contributed by atoms with Crippen LogP contribution in [0.25, 0.3) is 0 Å². The number of hydrogen-bond acceptors (Lipinski definition) is 6. The average molecular weight is 913 g/mol. The lowest BCUT2D eigenvalue weighted by molar-refractivity contribution is -0.166. The number of carbonyl (C=O) groups excluding carboxylic acids is 3. The van der Waals surface area contributed by atoms with Crippen LogP contribution in [0.2, 0.25) is 0 Å². The van der Waals surface area contributed by atoms with Crippen molar-refractivity contribution in [2.75, 3.05) is 13.2 Å². The molecule has 372 valence electrons. The zero-order chi connectivity index (χ0) is 47.9. The van der Waals surface area contributed by atoms with E-state index in [-0.39, 0.29) is 32.0 Å². The molecule has 6 nitrogen and oxygen atoms in total. The van der Waals surface area contributed by atoms with Gasteiger partial charge in [-0.25, -0.2) is 0 Å². The highest BCUT2D eigenvalue weighted by atomic mass is 16.6. The highest BCUT2D eigenvalue weighted by Crippen LogP contribution is 2.15. The molecule has 6 heteroatoms. The van der Waals surface area contributed by atoms with Gasteiger partial charge in [-0.15, -0.1) is 0 Å². The number of carbonyl (C=O) groups is 3. The van der Waals surface area contributed by atoms with E-state index in [1.54, 1.807) is 12.2 Å². The summed E-state index contributed by atoms with van der Waals surface area (Å²) < 4.78 is 16.6. The Labute approximate surface area is 405 Å². The van der Waals surface area contributed by atoms with Crippen molar-refractivity contribution in [3.05, 3.63) is 122 Å². The predicted molar refractivity (Wildman–Crippen MR) is 283 cm³/mol. The Bertz CT molecular complexity index is 1420. The van der Waals surface area contributed by atoms with Crippen molar-refractivity contribution in [1.82, 2.24) is 0 Å². The molecule has 0 bridgehead atoms. The number of hydrogen-bond donors (Lipinski definition) is 0. The molecule has 0 spiro atoms. The number of unbranched alkanes of at least 4 members (excludes halogenated alkanes) is 17. The molecule has 0 amide bonds. The summed E-state index contributed by atoms with van der Waals surface area (Å²) in [5.74, 6) is -1.22. The molecule has 0 rings (SSSR count). The molecule has 0 aliphatic carbocycles. The number of allylic oxidation sites excluding steroid dienone is 18. The van der Waals surface area contributed by atoms with Gasteiger partial charge in [-0.1, -0.05) is 251 Å². The minimum absolute atomic E-state index is 0.0747.